The first-order valence-electron chi connectivity index (χ1n) is 4.97. The molecule has 0 aromatic heterocycles. The number of hydrogen-bond acceptors (Lipinski definition) is 3. The van der Waals surface area contributed by atoms with Crippen molar-refractivity contribution < 1.29 is 5.11 Å². The molecule has 0 heterocycles. The van der Waals surface area contributed by atoms with E-state index in [9.17, 15) is 5.11 Å². The number of benzene rings is 1. The predicted molar refractivity (Wildman–Crippen MR) is 81.9 cm³/mol. The van der Waals surface area contributed by atoms with Gasteiger partial charge in [0.2, 0.25) is 0 Å². The minimum absolute atomic E-state index is 0.154. The zero-order valence-corrected chi connectivity index (χ0v) is 11.8. The maximum absolute atomic E-state index is 9.84. The van der Waals surface area contributed by atoms with E-state index in [1.807, 2.05) is 6.92 Å². The molecule has 0 aliphatic rings. The second-order valence-corrected chi connectivity index (χ2v) is 5.75. The predicted octanol–water partition coefficient (Wildman–Crippen LogP) is 4.88. The first-order chi connectivity index (χ1) is 7.99. The second kappa shape index (κ2) is 6.84. The van der Waals surface area contributed by atoms with Crippen LogP contribution in [0.4, 0.5) is 0 Å². The van der Waals surface area contributed by atoms with Crippen molar-refractivity contribution in [2.24, 2.45) is 0 Å². The Bertz CT molecular complexity index is 449. The maximum Gasteiger partial charge on any atom is 0.124 e. The summed E-state index contributed by atoms with van der Waals surface area (Å²) in [5, 5.41) is 10.5. The number of aliphatic hydroxyl groups is 1. The van der Waals surface area contributed by atoms with Crippen LogP contribution in [0.25, 0.3) is 5.76 Å². The van der Waals surface area contributed by atoms with E-state index in [4.69, 9.17) is 23.8 Å². The molecule has 1 aromatic rings. The fourth-order valence-corrected chi connectivity index (χ4v) is 2.05. The molecule has 0 saturated carbocycles. The minimum atomic E-state index is 0.154. The highest BCUT2D eigenvalue weighted by atomic mass is 35.5. The van der Waals surface area contributed by atoms with Crippen molar-refractivity contribution in [3.05, 3.63) is 53.1 Å². The molecule has 1 nitrogen and oxygen atoms in total. The van der Waals surface area contributed by atoms with Gasteiger partial charge < -0.3 is 5.11 Å². The first-order valence-corrected chi connectivity index (χ1v) is 6.74. The summed E-state index contributed by atoms with van der Waals surface area (Å²) in [6.07, 6.45) is 1.58. The molecule has 0 aliphatic heterocycles. The molecule has 1 N–H and O–H groups in total. The smallest absolute Gasteiger partial charge is 0.124 e. The van der Waals surface area contributed by atoms with Crippen LogP contribution in [-0.2, 0) is 0 Å². The third kappa shape index (κ3) is 5.39. The summed E-state index contributed by atoms with van der Waals surface area (Å²) in [6, 6.07) is 6.95. The van der Waals surface area contributed by atoms with Crippen LogP contribution >= 0.6 is 35.6 Å². The van der Waals surface area contributed by atoms with Crippen molar-refractivity contribution in [1.82, 2.24) is 0 Å². The molecule has 17 heavy (non-hydrogen) atoms. The number of aliphatic hydroxyl groups excluding tert-OH is 1. The summed E-state index contributed by atoms with van der Waals surface area (Å²) in [4.78, 5) is 0. The van der Waals surface area contributed by atoms with Gasteiger partial charge in [0.15, 0.2) is 0 Å². The minimum Gasteiger partial charge on any atom is -0.507 e. The van der Waals surface area contributed by atoms with Gasteiger partial charge in [-0.1, -0.05) is 36.0 Å². The molecule has 0 bridgehead atoms. The van der Waals surface area contributed by atoms with Gasteiger partial charge in [0.1, 0.15) is 5.76 Å². The Kier molecular flexibility index (Phi) is 5.75. The normalized spacial score (nSPS) is 11.3. The Hall–Kier alpha value is -0.770. The van der Waals surface area contributed by atoms with Gasteiger partial charge in [0, 0.05) is 22.4 Å². The topological polar surface area (TPSA) is 20.2 Å². The highest BCUT2D eigenvalue weighted by Crippen LogP contribution is 2.18. The molecule has 90 valence electrons. The third-order valence-corrected chi connectivity index (χ3v) is 3.62. The van der Waals surface area contributed by atoms with Gasteiger partial charge in [0.05, 0.1) is 4.20 Å². The van der Waals surface area contributed by atoms with E-state index in [0.29, 0.717) is 14.8 Å². The molecule has 1 aromatic carbocycles. The molecule has 0 fully saturated rings. The lowest BCUT2D eigenvalue weighted by molar-refractivity contribution is 0.512. The SMILES string of the molecule is C=C(C)CSC(=S)/C=C(\O)c1ccc(Cl)cc1. The van der Waals surface area contributed by atoms with Gasteiger partial charge in [-0.2, -0.15) is 0 Å². The summed E-state index contributed by atoms with van der Waals surface area (Å²) in [7, 11) is 0. The van der Waals surface area contributed by atoms with E-state index < -0.39 is 0 Å². The monoisotopic (exact) mass is 284 g/mol. The van der Waals surface area contributed by atoms with Gasteiger partial charge in [-0.3, -0.25) is 0 Å². The Morgan fingerprint density at radius 1 is 1.47 bits per heavy atom. The van der Waals surface area contributed by atoms with Gasteiger partial charge in [-0.05, 0) is 31.2 Å². The van der Waals surface area contributed by atoms with E-state index in [-0.39, 0.29) is 5.76 Å². The van der Waals surface area contributed by atoms with E-state index in [1.54, 1.807) is 30.3 Å². The van der Waals surface area contributed by atoms with Crippen molar-refractivity contribution in [1.29, 1.82) is 0 Å². The molecule has 0 radical (unpaired) electrons. The van der Waals surface area contributed by atoms with Crippen LogP contribution in [0, 0.1) is 0 Å². The lowest BCUT2D eigenvalue weighted by Crippen LogP contribution is -1.90. The van der Waals surface area contributed by atoms with Crippen molar-refractivity contribution >= 4 is 45.5 Å². The molecule has 0 unspecified atom stereocenters. The lowest BCUT2D eigenvalue weighted by atomic mass is 10.2. The van der Waals surface area contributed by atoms with Crippen molar-refractivity contribution in [3.63, 3.8) is 0 Å². The van der Waals surface area contributed by atoms with Crippen LogP contribution in [0.1, 0.15) is 12.5 Å². The Morgan fingerprint density at radius 3 is 2.59 bits per heavy atom. The van der Waals surface area contributed by atoms with Gasteiger partial charge in [-0.25, -0.2) is 0 Å². The van der Waals surface area contributed by atoms with Gasteiger partial charge in [0.25, 0.3) is 0 Å². The Labute approximate surface area is 116 Å². The average Bonchev–Trinajstić information content (AvgIpc) is 2.27. The number of thioether (sulfide) groups is 1. The molecule has 1 rings (SSSR count). The summed E-state index contributed by atoms with van der Waals surface area (Å²) in [5.41, 5.74) is 1.75. The highest BCUT2D eigenvalue weighted by Gasteiger charge is 2.01. The molecule has 0 atom stereocenters. The molecule has 0 saturated heterocycles. The van der Waals surface area contributed by atoms with Crippen LogP contribution in [0.15, 0.2) is 42.5 Å². The number of thiocarbonyl (C=S) groups is 1. The van der Waals surface area contributed by atoms with Gasteiger partial charge >= 0.3 is 0 Å². The van der Waals surface area contributed by atoms with E-state index in [1.165, 1.54) is 11.8 Å². The van der Waals surface area contributed by atoms with Crippen molar-refractivity contribution in [2.75, 3.05) is 5.75 Å². The Balaban J connectivity index is 2.68. The fraction of sp³-hybridized carbons (Fsp3) is 0.154. The molecule has 0 amide bonds. The van der Waals surface area contributed by atoms with Crippen LogP contribution in [0.3, 0.4) is 0 Å². The average molecular weight is 285 g/mol. The summed E-state index contributed by atoms with van der Waals surface area (Å²) in [6.45, 7) is 5.74. The highest BCUT2D eigenvalue weighted by molar-refractivity contribution is 8.23. The van der Waals surface area contributed by atoms with Crippen LogP contribution in [0.5, 0.6) is 0 Å². The third-order valence-electron chi connectivity index (χ3n) is 1.86. The van der Waals surface area contributed by atoms with E-state index >= 15 is 0 Å². The fourth-order valence-electron chi connectivity index (χ4n) is 1.05. The number of halogens is 1. The molecule has 0 spiro atoms. The Morgan fingerprint density at radius 2 is 2.06 bits per heavy atom. The number of rotatable bonds is 4. The van der Waals surface area contributed by atoms with E-state index in [2.05, 4.69) is 6.58 Å². The van der Waals surface area contributed by atoms with Crippen molar-refractivity contribution in [2.45, 2.75) is 6.92 Å². The standard InChI is InChI=1S/C13H13ClOS2/c1-9(2)8-17-13(16)7-12(15)10-3-5-11(14)6-4-10/h3-7,15H,1,8H2,2H3/b12-7-. The largest absolute Gasteiger partial charge is 0.507 e. The quantitative estimate of drug-likeness (QED) is 0.368. The van der Waals surface area contributed by atoms with Gasteiger partial charge in [-0.15, -0.1) is 11.8 Å². The van der Waals surface area contributed by atoms with Crippen LogP contribution < -0.4 is 0 Å². The van der Waals surface area contributed by atoms with Crippen LogP contribution in [0.2, 0.25) is 5.02 Å². The zero-order chi connectivity index (χ0) is 12.8. The second-order valence-electron chi connectivity index (χ2n) is 3.60. The zero-order valence-electron chi connectivity index (χ0n) is 9.44. The van der Waals surface area contributed by atoms with E-state index in [0.717, 1.165) is 11.3 Å². The summed E-state index contributed by atoms with van der Waals surface area (Å²) < 4.78 is 0.639. The lowest BCUT2D eigenvalue weighted by Gasteiger charge is -2.02. The number of hydrogen-bond donors (Lipinski definition) is 1. The van der Waals surface area contributed by atoms with Crippen molar-refractivity contribution in [3.8, 4) is 0 Å². The van der Waals surface area contributed by atoms with Crippen LogP contribution in [-0.4, -0.2) is 15.1 Å². The molecule has 4 heteroatoms. The maximum atomic E-state index is 9.84. The summed E-state index contributed by atoms with van der Waals surface area (Å²) >= 11 is 12.4. The molecular weight excluding hydrogens is 272 g/mol. The molecular formula is C13H13ClOS2. The molecule has 0 aliphatic carbocycles. The first kappa shape index (κ1) is 14.3. The summed E-state index contributed by atoms with van der Waals surface area (Å²) in [5.74, 6) is 0.921.